The van der Waals surface area contributed by atoms with Gasteiger partial charge in [-0.25, -0.2) is 0 Å². The third-order valence-electron chi connectivity index (χ3n) is 2.41. The van der Waals surface area contributed by atoms with Gasteiger partial charge in [0.25, 0.3) is 0 Å². The van der Waals surface area contributed by atoms with E-state index >= 15 is 0 Å². The quantitative estimate of drug-likeness (QED) is 0.718. The Kier molecular flexibility index (Phi) is 6.29. The minimum Gasteiger partial charge on any atom is -0.490 e. The van der Waals surface area contributed by atoms with Gasteiger partial charge in [-0.2, -0.15) is 0 Å². The Morgan fingerprint density at radius 3 is 2.72 bits per heavy atom. The van der Waals surface area contributed by atoms with Crippen molar-refractivity contribution in [1.29, 1.82) is 0 Å². The minimum absolute atomic E-state index is 0.438. The van der Waals surface area contributed by atoms with E-state index in [0.717, 1.165) is 23.6 Å². The van der Waals surface area contributed by atoms with Crippen molar-refractivity contribution in [3.8, 4) is 11.5 Å². The van der Waals surface area contributed by atoms with Crippen molar-refractivity contribution in [2.75, 3.05) is 13.2 Å². The largest absolute Gasteiger partial charge is 0.490 e. The topological polar surface area (TPSA) is 30.5 Å². The fourth-order valence-corrected chi connectivity index (χ4v) is 1.59. The first-order valence-corrected chi connectivity index (χ1v) is 6.40. The second-order valence-corrected chi connectivity index (χ2v) is 4.31. The normalized spacial score (nSPS) is 10.4. The molecule has 0 amide bonds. The highest BCUT2D eigenvalue weighted by Crippen LogP contribution is 2.31. The van der Waals surface area contributed by atoms with Crippen LogP contribution >= 0.6 is 0 Å². The van der Waals surface area contributed by atoms with Crippen LogP contribution in [0.5, 0.6) is 11.5 Å². The highest BCUT2D eigenvalue weighted by molar-refractivity contribution is 5.46. The standard InChI is InChI=1S/C15H23NO2/c1-5-10-18-15-13(11-16-12(3)4)8-7-9-14(15)17-6-2/h5,7-9,12,16H,1,6,10-11H2,2-4H3. The van der Waals surface area contributed by atoms with Crippen molar-refractivity contribution in [3.05, 3.63) is 36.4 Å². The van der Waals surface area contributed by atoms with Crippen LogP contribution in [-0.4, -0.2) is 19.3 Å². The summed E-state index contributed by atoms with van der Waals surface area (Å²) in [5.74, 6) is 1.61. The molecule has 0 unspecified atom stereocenters. The third-order valence-corrected chi connectivity index (χ3v) is 2.41. The Morgan fingerprint density at radius 2 is 2.11 bits per heavy atom. The van der Waals surface area contributed by atoms with Gasteiger partial charge in [0.15, 0.2) is 11.5 Å². The fourth-order valence-electron chi connectivity index (χ4n) is 1.59. The molecule has 1 aromatic rings. The first-order chi connectivity index (χ1) is 8.69. The van der Waals surface area contributed by atoms with Crippen LogP contribution in [0.2, 0.25) is 0 Å². The molecule has 0 aliphatic carbocycles. The molecule has 0 fully saturated rings. The van der Waals surface area contributed by atoms with Crippen molar-refractivity contribution >= 4 is 0 Å². The van der Waals surface area contributed by atoms with E-state index in [9.17, 15) is 0 Å². The molecular weight excluding hydrogens is 226 g/mol. The predicted octanol–water partition coefficient (Wildman–Crippen LogP) is 3.15. The summed E-state index contributed by atoms with van der Waals surface area (Å²) in [5, 5.41) is 3.39. The molecule has 0 spiro atoms. The third kappa shape index (κ3) is 4.41. The van der Waals surface area contributed by atoms with E-state index in [0.29, 0.717) is 19.3 Å². The number of benzene rings is 1. The van der Waals surface area contributed by atoms with Gasteiger partial charge in [-0.05, 0) is 13.0 Å². The predicted molar refractivity (Wildman–Crippen MR) is 75.3 cm³/mol. The van der Waals surface area contributed by atoms with Crippen molar-refractivity contribution in [2.24, 2.45) is 0 Å². The van der Waals surface area contributed by atoms with E-state index in [1.54, 1.807) is 6.08 Å². The number of rotatable bonds is 8. The zero-order valence-electron chi connectivity index (χ0n) is 11.5. The maximum atomic E-state index is 5.72. The molecule has 0 saturated heterocycles. The lowest BCUT2D eigenvalue weighted by atomic mass is 10.1. The Labute approximate surface area is 110 Å². The van der Waals surface area contributed by atoms with Gasteiger partial charge in [0.1, 0.15) is 6.61 Å². The summed E-state index contributed by atoms with van der Waals surface area (Å²) < 4.78 is 11.3. The van der Waals surface area contributed by atoms with Crippen molar-refractivity contribution < 1.29 is 9.47 Å². The van der Waals surface area contributed by atoms with Crippen molar-refractivity contribution in [2.45, 2.75) is 33.4 Å². The molecule has 0 heterocycles. The summed E-state index contributed by atoms with van der Waals surface area (Å²) >= 11 is 0. The van der Waals surface area contributed by atoms with E-state index in [2.05, 4.69) is 31.8 Å². The second-order valence-electron chi connectivity index (χ2n) is 4.31. The zero-order chi connectivity index (χ0) is 13.4. The van der Waals surface area contributed by atoms with Crippen LogP contribution in [0, 0.1) is 0 Å². The maximum absolute atomic E-state index is 5.72. The summed E-state index contributed by atoms with van der Waals surface area (Å²) in [6.07, 6.45) is 1.74. The molecule has 0 bridgehead atoms. The van der Waals surface area contributed by atoms with E-state index in [-0.39, 0.29) is 0 Å². The molecule has 0 aliphatic rings. The first kappa shape index (κ1) is 14.6. The molecule has 0 radical (unpaired) electrons. The molecular formula is C15H23NO2. The molecule has 1 N–H and O–H groups in total. The van der Waals surface area contributed by atoms with Gasteiger partial charge in [-0.3, -0.25) is 0 Å². The summed E-state index contributed by atoms with van der Waals surface area (Å²) in [5.41, 5.74) is 1.11. The Balaban J connectivity index is 2.90. The van der Waals surface area contributed by atoms with Gasteiger partial charge in [-0.1, -0.05) is 38.6 Å². The number of nitrogens with one attached hydrogen (secondary N) is 1. The van der Waals surface area contributed by atoms with E-state index in [1.165, 1.54) is 0 Å². The SMILES string of the molecule is C=CCOc1c(CNC(C)C)cccc1OCC. The second kappa shape index (κ2) is 7.77. The van der Waals surface area contributed by atoms with E-state index < -0.39 is 0 Å². The lowest BCUT2D eigenvalue weighted by Crippen LogP contribution is -2.22. The summed E-state index contributed by atoms with van der Waals surface area (Å²) in [7, 11) is 0. The monoisotopic (exact) mass is 249 g/mol. The highest BCUT2D eigenvalue weighted by atomic mass is 16.5. The van der Waals surface area contributed by atoms with Gasteiger partial charge >= 0.3 is 0 Å². The van der Waals surface area contributed by atoms with Crippen LogP contribution < -0.4 is 14.8 Å². The van der Waals surface area contributed by atoms with Gasteiger partial charge in [0.05, 0.1) is 6.61 Å². The van der Waals surface area contributed by atoms with Gasteiger partial charge < -0.3 is 14.8 Å². The summed E-state index contributed by atoms with van der Waals surface area (Å²) in [4.78, 5) is 0. The number of ether oxygens (including phenoxy) is 2. The Hall–Kier alpha value is -1.48. The lowest BCUT2D eigenvalue weighted by molar-refractivity contribution is 0.294. The lowest BCUT2D eigenvalue weighted by Gasteiger charge is -2.16. The van der Waals surface area contributed by atoms with E-state index in [1.807, 2.05) is 19.1 Å². The van der Waals surface area contributed by atoms with Crippen LogP contribution in [0.1, 0.15) is 26.3 Å². The molecule has 18 heavy (non-hydrogen) atoms. The molecule has 100 valence electrons. The average Bonchev–Trinajstić information content (AvgIpc) is 2.35. The van der Waals surface area contributed by atoms with Gasteiger partial charge in [-0.15, -0.1) is 0 Å². The first-order valence-electron chi connectivity index (χ1n) is 6.40. The summed E-state index contributed by atoms with van der Waals surface area (Å²) in [6.45, 7) is 11.8. The van der Waals surface area contributed by atoms with Crippen molar-refractivity contribution in [1.82, 2.24) is 5.32 Å². The van der Waals surface area contributed by atoms with Gasteiger partial charge in [0.2, 0.25) is 0 Å². The number of hydrogen-bond acceptors (Lipinski definition) is 3. The summed E-state index contributed by atoms with van der Waals surface area (Å²) in [6, 6.07) is 6.41. The van der Waals surface area contributed by atoms with Crippen LogP contribution in [0.4, 0.5) is 0 Å². The molecule has 0 aromatic heterocycles. The molecule has 3 heteroatoms. The van der Waals surface area contributed by atoms with Crippen LogP contribution in [0.3, 0.4) is 0 Å². The number of hydrogen-bond donors (Lipinski definition) is 1. The van der Waals surface area contributed by atoms with Crippen molar-refractivity contribution in [3.63, 3.8) is 0 Å². The van der Waals surface area contributed by atoms with Crippen LogP contribution in [-0.2, 0) is 6.54 Å². The van der Waals surface area contributed by atoms with E-state index in [4.69, 9.17) is 9.47 Å². The Morgan fingerprint density at radius 1 is 1.33 bits per heavy atom. The average molecular weight is 249 g/mol. The van der Waals surface area contributed by atoms with Gasteiger partial charge in [0, 0.05) is 18.2 Å². The Bertz CT molecular complexity index is 375. The fraction of sp³-hybridized carbons (Fsp3) is 0.467. The smallest absolute Gasteiger partial charge is 0.166 e. The molecule has 3 nitrogen and oxygen atoms in total. The number of para-hydroxylation sites is 1. The molecule has 1 aromatic carbocycles. The minimum atomic E-state index is 0.438. The molecule has 1 rings (SSSR count). The molecule has 0 saturated carbocycles. The van der Waals surface area contributed by atoms with Crippen LogP contribution in [0.25, 0.3) is 0 Å². The molecule has 0 atom stereocenters. The van der Waals surface area contributed by atoms with Crippen LogP contribution in [0.15, 0.2) is 30.9 Å². The highest BCUT2D eigenvalue weighted by Gasteiger charge is 2.10. The maximum Gasteiger partial charge on any atom is 0.166 e. The zero-order valence-corrected chi connectivity index (χ0v) is 11.5. The molecule has 0 aliphatic heterocycles.